The average molecular weight is 531 g/mol. The van der Waals surface area contributed by atoms with Crippen LogP contribution in [-0.2, 0) is 30.4 Å². The first-order valence-corrected chi connectivity index (χ1v) is 12.5. The molecular formula is C26H38N6O6. The quantitative estimate of drug-likeness (QED) is 0.180. The highest BCUT2D eigenvalue weighted by atomic mass is 16.4. The number of aromatic nitrogens is 1. The molecule has 0 spiro atoms. The molecule has 0 fully saturated rings. The Kier molecular flexibility index (Phi) is 10.8. The molecule has 0 saturated carbocycles. The van der Waals surface area contributed by atoms with Gasteiger partial charge in [0.1, 0.15) is 18.1 Å². The normalized spacial score (nSPS) is 14.5. The van der Waals surface area contributed by atoms with Gasteiger partial charge < -0.3 is 37.5 Å². The number of rotatable bonds is 14. The van der Waals surface area contributed by atoms with Crippen LogP contribution >= 0.6 is 0 Å². The zero-order valence-electron chi connectivity index (χ0n) is 22.1. The number of nitrogens with two attached hydrogens (primary N) is 2. The summed E-state index contributed by atoms with van der Waals surface area (Å²) in [6.45, 7) is 7.33. The van der Waals surface area contributed by atoms with Gasteiger partial charge in [-0.15, -0.1) is 0 Å². The van der Waals surface area contributed by atoms with Crippen molar-refractivity contribution in [3.05, 3.63) is 36.0 Å². The van der Waals surface area contributed by atoms with Crippen LogP contribution in [0.15, 0.2) is 30.5 Å². The van der Waals surface area contributed by atoms with E-state index in [2.05, 4.69) is 20.9 Å². The second-order valence-electron chi connectivity index (χ2n) is 10.2. The summed E-state index contributed by atoms with van der Waals surface area (Å²) in [4.78, 5) is 65.2. The van der Waals surface area contributed by atoms with E-state index in [1.165, 1.54) is 0 Å². The Morgan fingerprint density at radius 3 is 2.13 bits per heavy atom. The lowest BCUT2D eigenvalue weighted by Gasteiger charge is -2.27. The number of carboxylic acid groups (broad SMARTS) is 1. The van der Waals surface area contributed by atoms with Crippen molar-refractivity contribution in [1.29, 1.82) is 0 Å². The fourth-order valence-electron chi connectivity index (χ4n) is 4.07. The van der Waals surface area contributed by atoms with Gasteiger partial charge in [0.15, 0.2) is 0 Å². The largest absolute Gasteiger partial charge is 0.480 e. The third-order valence-electron chi connectivity index (χ3n) is 6.06. The van der Waals surface area contributed by atoms with E-state index in [4.69, 9.17) is 11.5 Å². The van der Waals surface area contributed by atoms with Crippen molar-refractivity contribution in [1.82, 2.24) is 20.9 Å². The number of carbonyl (C=O) groups is 5. The van der Waals surface area contributed by atoms with E-state index < -0.39 is 60.2 Å². The van der Waals surface area contributed by atoms with Gasteiger partial charge in [-0.1, -0.05) is 45.9 Å². The molecule has 12 heteroatoms. The smallest absolute Gasteiger partial charge is 0.326 e. The minimum atomic E-state index is -1.57. The molecule has 1 aromatic heterocycles. The van der Waals surface area contributed by atoms with Crippen molar-refractivity contribution in [3.63, 3.8) is 0 Å². The number of hydrogen-bond acceptors (Lipinski definition) is 6. The van der Waals surface area contributed by atoms with Crippen LogP contribution in [-0.4, -0.2) is 63.9 Å². The molecule has 2 aromatic rings. The second-order valence-corrected chi connectivity index (χ2v) is 10.2. The zero-order chi connectivity index (χ0) is 28.6. The van der Waals surface area contributed by atoms with E-state index in [1.54, 1.807) is 20.0 Å². The summed E-state index contributed by atoms with van der Waals surface area (Å²) in [5.41, 5.74) is 12.6. The van der Waals surface area contributed by atoms with E-state index in [1.807, 2.05) is 38.1 Å². The molecule has 0 saturated heterocycles. The maximum absolute atomic E-state index is 13.3. The van der Waals surface area contributed by atoms with E-state index >= 15 is 0 Å². The molecule has 208 valence electrons. The number of hydrogen-bond donors (Lipinski definition) is 7. The fraction of sp³-hybridized carbons (Fsp3) is 0.500. The SMILES string of the molecule is CC(C)CC(N)C(=O)NC(C(=O)NC(Cc1c[nH]c2ccccc12)C(=O)NC(CC(N)=O)C(=O)O)C(C)C. The van der Waals surface area contributed by atoms with Crippen molar-refractivity contribution >= 4 is 40.5 Å². The van der Waals surface area contributed by atoms with Crippen LogP contribution in [0.25, 0.3) is 10.9 Å². The van der Waals surface area contributed by atoms with Crippen molar-refractivity contribution in [2.45, 2.75) is 71.1 Å². The van der Waals surface area contributed by atoms with Gasteiger partial charge in [-0.05, 0) is 29.9 Å². The second kappa shape index (κ2) is 13.6. The number of primary amides is 1. The monoisotopic (exact) mass is 530 g/mol. The summed E-state index contributed by atoms with van der Waals surface area (Å²) in [6.07, 6.45) is 1.52. The molecule has 0 aliphatic rings. The first-order chi connectivity index (χ1) is 17.8. The molecule has 0 aliphatic heterocycles. The number of benzene rings is 1. The maximum Gasteiger partial charge on any atom is 0.326 e. The third-order valence-corrected chi connectivity index (χ3v) is 6.06. The van der Waals surface area contributed by atoms with Crippen LogP contribution in [0.1, 0.15) is 46.1 Å². The molecule has 1 heterocycles. The number of aromatic amines is 1. The highest BCUT2D eigenvalue weighted by Gasteiger charge is 2.32. The number of H-pyrrole nitrogens is 1. The molecule has 4 atom stereocenters. The van der Waals surface area contributed by atoms with Crippen LogP contribution in [0.2, 0.25) is 0 Å². The van der Waals surface area contributed by atoms with Gasteiger partial charge in [0.25, 0.3) is 0 Å². The summed E-state index contributed by atoms with van der Waals surface area (Å²) in [7, 11) is 0. The Morgan fingerprint density at radius 2 is 1.55 bits per heavy atom. The molecule has 9 N–H and O–H groups in total. The van der Waals surface area contributed by atoms with Gasteiger partial charge in [0.2, 0.25) is 23.6 Å². The highest BCUT2D eigenvalue weighted by Crippen LogP contribution is 2.19. The van der Waals surface area contributed by atoms with E-state index in [9.17, 15) is 29.1 Å². The lowest BCUT2D eigenvalue weighted by atomic mass is 9.99. The highest BCUT2D eigenvalue weighted by molar-refractivity contribution is 5.95. The molecule has 4 unspecified atom stereocenters. The lowest BCUT2D eigenvalue weighted by Crippen LogP contribution is -2.59. The Labute approximate surface area is 221 Å². The number of amides is 4. The molecule has 0 aliphatic carbocycles. The van der Waals surface area contributed by atoms with Crippen molar-refractivity contribution in [2.75, 3.05) is 0 Å². The Hall–Kier alpha value is -3.93. The van der Waals surface area contributed by atoms with Crippen LogP contribution in [0.5, 0.6) is 0 Å². The zero-order valence-corrected chi connectivity index (χ0v) is 22.1. The number of para-hydroxylation sites is 1. The molecular weight excluding hydrogens is 492 g/mol. The van der Waals surface area contributed by atoms with Crippen LogP contribution in [0.3, 0.4) is 0 Å². The van der Waals surface area contributed by atoms with Crippen molar-refractivity contribution < 1.29 is 29.1 Å². The topological polar surface area (TPSA) is 209 Å². The first kappa shape index (κ1) is 30.3. The van der Waals surface area contributed by atoms with Gasteiger partial charge in [-0.2, -0.15) is 0 Å². The Balaban J connectivity index is 2.31. The summed E-state index contributed by atoms with van der Waals surface area (Å²) in [6, 6.07) is 2.76. The molecule has 38 heavy (non-hydrogen) atoms. The number of carbonyl (C=O) groups excluding carboxylic acids is 4. The maximum atomic E-state index is 13.3. The molecule has 12 nitrogen and oxygen atoms in total. The summed E-state index contributed by atoms with van der Waals surface area (Å²) >= 11 is 0. The van der Waals surface area contributed by atoms with Gasteiger partial charge in [0, 0.05) is 23.5 Å². The molecule has 2 rings (SSSR count). The number of aliphatic carboxylic acids is 1. The van der Waals surface area contributed by atoms with Crippen molar-refractivity contribution in [3.8, 4) is 0 Å². The molecule has 0 bridgehead atoms. The van der Waals surface area contributed by atoms with E-state index in [0.29, 0.717) is 12.0 Å². The summed E-state index contributed by atoms with van der Waals surface area (Å²) < 4.78 is 0. The Bertz CT molecular complexity index is 1160. The third kappa shape index (κ3) is 8.58. The molecule has 0 radical (unpaired) electrons. The van der Waals surface area contributed by atoms with E-state index in [-0.39, 0.29) is 18.3 Å². The first-order valence-electron chi connectivity index (χ1n) is 12.5. The lowest BCUT2D eigenvalue weighted by molar-refractivity contribution is -0.143. The van der Waals surface area contributed by atoms with Gasteiger partial charge in [-0.25, -0.2) is 4.79 Å². The van der Waals surface area contributed by atoms with E-state index in [0.717, 1.165) is 10.9 Å². The molecule has 1 aromatic carbocycles. The Morgan fingerprint density at radius 1 is 0.921 bits per heavy atom. The van der Waals surface area contributed by atoms with Gasteiger partial charge in [-0.3, -0.25) is 19.2 Å². The van der Waals surface area contributed by atoms with Gasteiger partial charge in [0.05, 0.1) is 12.5 Å². The fourth-order valence-corrected chi connectivity index (χ4v) is 4.07. The number of nitrogens with one attached hydrogen (secondary N) is 4. The number of carboxylic acids is 1. The standard InChI is InChI=1S/C26H38N6O6/c1-13(2)9-17(27)23(34)32-22(14(3)4)25(36)30-19(24(35)31-20(26(37)38)11-21(28)33)10-15-12-29-18-8-6-5-7-16(15)18/h5-8,12-14,17,19-20,22,29H,9-11,27H2,1-4H3,(H2,28,33)(H,30,36)(H,31,35)(H,32,34)(H,37,38). The summed E-state index contributed by atoms with van der Waals surface area (Å²) in [5, 5.41) is 17.9. The minimum Gasteiger partial charge on any atom is -0.480 e. The predicted octanol–water partition coefficient (Wildman–Crippen LogP) is 0.154. The summed E-state index contributed by atoms with van der Waals surface area (Å²) in [5.74, 6) is -4.46. The van der Waals surface area contributed by atoms with Crippen LogP contribution < -0.4 is 27.4 Å². The van der Waals surface area contributed by atoms with Crippen LogP contribution in [0.4, 0.5) is 0 Å². The molecule has 4 amide bonds. The van der Waals surface area contributed by atoms with Crippen LogP contribution in [0, 0.1) is 11.8 Å². The van der Waals surface area contributed by atoms with Crippen molar-refractivity contribution in [2.24, 2.45) is 23.3 Å². The van der Waals surface area contributed by atoms with Gasteiger partial charge >= 0.3 is 5.97 Å². The predicted molar refractivity (Wildman–Crippen MR) is 142 cm³/mol. The average Bonchev–Trinajstić information content (AvgIpc) is 3.23. The minimum absolute atomic E-state index is 0.0100. The number of fused-ring (bicyclic) bond motifs is 1.